The van der Waals surface area contributed by atoms with Crippen LogP contribution in [0.1, 0.15) is 6.92 Å². The Kier molecular flexibility index (Phi) is 4.78. The summed E-state index contributed by atoms with van der Waals surface area (Å²) < 4.78 is 12.5. The molecule has 12 heavy (non-hydrogen) atoms. The van der Waals surface area contributed by atoms with Gasteiger partial charge in [0.1, 0.15) is 11.6 Å². The van der Waals surface area contributed by atoms with Gasteiger partial charge >= 0.3 is 0 Å². The van der Waals surface area contributed by atoms with Crippen molar-refractivity contribution in [3.05, 3.63) is 24.0 Å². The Hall–Kier alpha value is -0.666. The Morgan fingerprint density at radius 3 is 2.75 bits per heavy atom. The molecule has 0 aliphatic carbocycles. The summed E-state index contributed by atoms with van der Waals surface area (Å²) in [5, 5.41) is 12.0. The molecule has 1 radical (unpaired) electrons. The monoisotopic (exact) mass is 206 g/mol. The maximum Gasteiger partial charge on any atom is 0.138 e. The van der Waals surface area contributed by atoms with E-state index in [0.29, 0.717) is 12.2 Å². The van der Waals surface area contributed by atoms with E-state index in [1.165, 1.54) is 18.2 Å². The SMILES string of the molecule is CCNc1cc(F)ccc1O.[V]. The Balaban J connectivity index is 0.00000121. The van der Waals surface area contributed by atoms with Gasteiger partial charge in [-0.15, -0.1) is 0 Å². The van der Waals surface area contributed by atoms with Crippen LogP contribution in [0.2, 0.25) is 0 Å². The van der Waals surface area contributed by atoms with E-state index in [1.54, 1.807) is 0 Å². The van der Waals surface area contributed by atoms with Crippen LogP contribution in [0.5, 0.6) is 5.75 Å². The summed E-state index contributed by atoms with van der Waals surface area (Å²) in [7, 11) is 0. The standard InChI is InChI=1S/C8H10FNO.V/c1-2-10-7-5-6(9)3-4-8(7)11;/h3-5,10-11H,2H2,1H3;. The normalized spacial score (nSPS) is 8.83. The number of rotatable bonds is 2. The van der Waals surface area contributed by atoms with Crippen molar-refractivity contribution < 1.29 is 28.1 Å². The van der Waals surface area contributed by atoms with Crippen LogP contribution in [0.25, 0.3) is 0 Å². The van der Waals surface area contributed by atoms with Gasteiger partial charge in [0.25, 0.3) is 0 Å². The molecule has 2 N–H and O–H groups in total. The minimum absolute atomic E-state index is 0. The van der Waals surface area contributed by atoms with Crippen LogP contribution in [-0.2, 0) is 18.6 Å². The van der Waals surface area contributed by atoms with Gasteiger partial charge < -0.3 is 10.4 Å². The van der Waals surface area contributed by atoms with Crippen LogP contribution in [-0.4, -0.2) is 11.7 Å². The number of aromatic hydroxyl groups is 1. The summed E-state index contributed by atoms with van der Waals surface area (Å²) in [6.45, 7) is 2.54. The maximum atomic E-state index is 12.5. The average Bonchev–Trinajstić information content (AvgIpc) is 1.98. The van der Waals surface area contributed by atoms with Gasteiger partial charge in [0.15, 0.2) is 0 Å². The van der Waals surface area contributed by atoms with E-state index in [4.69, 9.17) is 5.11 Å². The van der Waals surface area contributed by atoms with Crippen LogP contribution >= 0.6 is 0 Å². The number of anilines is 1. The number of nitrogens with one attached hydrogen (secondary N) is 1. The van der Waals surface area contributed by atoms with E-state index in [1.807, 2.05) is 6.92 Å². The van der Waals surface area contributed by atoms with Gasteiger partial charge in [-0.25, -0.2) is 4.39 Å². The number of benzene rings is 1. The van der Waals surface area contributed by atoms with Crippen LogP contribution < -0.4 is 5.32 Å². The zero-order chi connectivity index (χ0) is 8.27. The minimum atomic E-state index is -0.348. The molecule has 0 bridgehead atoms. The van der Waals surface area contributed by atoms with Crippen molar-refractivity contribution >= 4 is 5.69 Å². The first-order valence-electron chi connectivity index (χ1n) is 3.46. The number of hydrogen-bond donors (Lipinski definition) is 2. The van der Waals surface area contributed by atoms with Gasteiger partial charge in [-0.1, -0.05) is 0 Å². The zero-order valence-electron chi connectivity index (χ0n) is 6.71. The molecule has 2 nitrogen and oxygen atoms in total. The Labute approximate surface area is 82.7 Å². The minimum Gasteiger partial charge on any atom is -0.506 e. The smallest absolute Gasteiger partial charge is 0.138 e. The fourth-order valence-electron chi connectivity index (χ4n) is 0.840. The number of halogens is 1. The third-order valence-corrected chi connectivity index (χ3v) is 1.33. The molecule has 0 amide bonds. The van der Waals surface area contributed by atoms with Crippen molar-refractivity contribution in [1.82, 2.24) is 0 Å². The van der Waals surface area contributed by atoms with Gasteiger partial charge in [0, 0.05) is 31.2 Å². The van der Waals surface area contributed by atoms with Gasteiger partial charge in [-0.05, 0) is 19.1 Å². The van der Waals surface area contributed by atoms with E-state index in [-0.39, 0.29) is 30.1 Å². The number of hydrogen-bond acceptors (Lipinski definition) is 2. The Bertz CT molecular complexity index is 255. The summed E-state index contributed by atoms with van der Waals surface area (Å²) in [5.41, 5.74) is 0.438. The van der Waals surface area contributed by atoms with E-state index in [2.05, 4.69) is 5.32 Å². The molecule has 0 aliphatic heterocycles. The maximum absolute atomic E-state index is 12.5. The second-order valence-electron chi connectivity index (χ2n) is 2.19. The van der Waals surface area contributed by atoms with Crippen molar-refractivity contribution in [3.8, 4) is 5.75 Å². The molecule has 0 aromatic heterocycles. The number of phenolic OH excluding ortho intramolecular Hbond substituents is 1. The van der Waals surface area contributed by atoms with Crippen LogP contribution in [0.4, 0.5) is 10.1 Å². The number of phenols is 1. The largest absolute Gasteiger partial charge is 0.506 e. The molecule has 0 aliphatic rings. The van der Waals surface area contributed by atoms with Crippen LogP contribution in [0, 0.1) is 5.82 Å². The predicted octanol–water partition coefficient (Wildman–Crippen LogP) is 1.96. The molecule has 1 rings (SSSR count). The second kappa shape index (κ2) is 5.06. The summed E-state index contributed by atoms with van der Waals surface area (Å²) in [6.07, 6.45) is 0. The van der Waals surface area contributed by atoms with Crippen molar-refractivity contribution in [2.45, 2.75) is 6.92 Å². The van der Waals surface area contributed by atoms with Crippen molar-refractivity contribution in [2.75, 3.05) is 11.9 Å². The van der Waals surface area contributed by atoms with E-state index in [9.17, 15) is 4.39 Å². The quantitative estimate of drug-likeness (QED) is 0.725. The van der Waals surface area contributed by atoms with Gasteiger partial charge in [0.05, 0.1) is 5.69 Å². The second-order valence-corrected chi connectivity index (χ2v) is 2.19. The van der Waals surface area contributed by atoms with Crippen molar-refractivity contribution in [2.24, 2.45) is 0 Å². The molecule has 0 saturated carbocycles. The summed E-state index contributed by atoms with van der Waals surface area (Å²) in [6, 6.07) is 3.81. The molecule has 65 valence electrons. The van der Waals surface area contributed by atoms with Crippen LogP contribution in [0.15, 0.2) is 18.2 Å². The third-order valence-electron chi connectivity index (χ3n) is 1.33. The van der Waals surface area contributed by atoms with Crippen LogP contribution in [0.3, 0.4) is 0 Å². The van der Waals surface area contributed by atoms with Gasteiger partial charge in [-0.3, -0.25) is 0 Å². The fourth-order valence-corrected chi connectivity index (χ4v) is 0.840. The first-order chi connectivity index (χ1) is 5.24. The molecule has 0 fully saturated rings. The molecule has 1 aromatic carbocycles. The summed E-state index contributed by atoms with van der Waals surface area (Å²) in [4.78, 5) is 0. The molecular weight excluding hydrogens is 196 g/mol. The molecule has 0 atom stereocenters. The van der Waals surface area contributed by atoms with Crippen molar-refractivity contribution in [1.29, 1.82) is 0 Å². The summed E-state index contributed by atoms with van der Waals surface area (Å²) >= 11 is 0. The fraction of sp³-hybridized carbons (Fsp3) is 0.250. The molecule has 0 spiro atoms. The Morgan fingerprint density at radius 1 is 1.50 bits per heavy atom. The molecule has 0 saturated heterocycles. The average molecular weight is 206 g/mol. The molecule has 0 heterocycles. The Morgan fingerprint density at radius 2 is 2.17 bits per heavy atom. The molecule has 1 aromatic rings. The molecular formula is C8H10FNOV. The molecule has 0 unspecified atom stereocenters. The van der Waals surface area contributed by atoms with E-state index >= 15 is 0 Å². The van der Waals surface area contributed by atoms with Gasteiger partial charge in [-0.2, -0.15) is 0 Å². The van der Waals surface area contributed by atoms with E-state index in [0.717, 1.165) is 0 Å². The third kappa shape index (κ3) is 2.76. The zero-order valence-corrected chi connectivity index (χ0v) is 8.11. The van der Waals surface area contributed by atoms with Gasteiger partial charge in [0.2, 0.25) is 0 Å². The summed E-state index contributed by atoms with van der Waals surface area (Å²) in [5.74, 6) is -0.271. The molecule has 4 heteroatoms. The first-order valence-corrected chi connectivity index (χ1v) is 3.46. The predicted molar refractivity (Wildman–Crippen MR) is 42.2 cm³/mol. The topological polar surface area (TPSA) is 32.3 Å². The van der Waals surface area contributed by atoms with E-state index < -0.39 is 0 Å². The van der Waals surface area contributed by atoms with Crippen molar-refractivity contribution in [3.63, 3.8) is 0 Å². The first kappa shape index (κ1) is 11.3.